The minimum atomic E-state index is -0.920. The van der Waals surface area contributed by atoms with E-state index in [0.717, 1.165) is 5.56 Å². The lowest BCUT2D eigenvalue weighted by molar-refractivity contribution is -0.138. The summed E-state index contributed by atoms with van der Waals surface area (Å²) in [7, 11) is 1.59. The molecule has 6 heteroatoms. The smallest absolute Gasteiger partial charge is 0.305 e. The Bertz CT molecular complexity index is 536. The molecule has 20 heavy (non-hydrogen) atoms. The third-order valence-electron chi connectivity index (χ3n) is 3.01. The SMILES string of the molecule is Cc1ccc(=O)n(CCCC(=O)N(C)CCC(=O)O)c1. The number of aryl methyl sites for hydroxylation is 2. The van der Waals surface area contributed by atoms with Crippen LogP contribution >= 0.6 is 0 Å². The number of amides is 1. The van der Waals surface area contributed by atoms with Gasteiger partial charge in [0.05, 0.1) is 6.42 Å². The molecule has 0 aliphatic heterocycles. The first-order chi connectivity index (χ1) is 9.40. The largest absolute Gasteiger partial charge is 0.481 e. The van der Waals surface area contributed by atoms with E-state index < -0.39 is 5.97 Å². The number of rotatable bonds is 7. The van der Waals surface area contributed by atoms with Crippen LogP contribution < -0.4 is 5.56 Å². The zero-order valence-corrected chi connectivity index (χ0v) is 11.8. The van der Waals surface area contributed by atoms with Crippen LogP contribution in [0.3, 0.4) is 0 Å². The summed E-state index contributed by atoms with van der Waals surface area (Å²) in [6, 6.07) is 3.26. The zero-order chi connectivity index (χ0) is 15.1. The molecule has 0 atom stereocenters. The van der Waals surface area contributed by atoms with Crippen molar-refractivity contribution in [3.8, 4) is 0 Å². The van der Waals surface area contributed by atoms with Crippen LogP contribution in [0.25, 0.3) is 0 Å². The molecule has 6 nitrogen and oxygen atoms in total. The van der Waals surface area contributed by atoms with Crippen LogP contribution in [0.2, 0.25) is 0 Å². The Morgan fingerprint density at radius 1 is 1.30 bits per heavy atom. The van der Waals surface area contributed by atoms with E-state index in [1.54, 1.807) is 23.9 Å². The number of hydrogen-bond acceptors (Lipinski definition) is 3. The second kappa shape index (κ2) is 7.47. The van der Waals surface area contributed by atoms with Crippen molar-refractivity contribution < 1.29 is 14.7 Å². The van der Waals surface area contributed by atoms with Gasteiger partial charge in [0.25, 0.3) is 5.56 Å². The number of carboxylic acid groups (broad SMARTS) is 1. The standard InChI is InChI=1S/C14H20N2O4/c1-11-5-6-13(18)16(10-11)8-3-4-12(17)15(2)9-7-14(19)20/h5-6,10H,3-4,7-9H2,1-2H3,(H,19,20). The number of aromatic nitrogens is 1. The first-order valence-electron chi connectivity index (χ1n) is 6.53. The summed E-state index contributed by atoms with van der Waals surface area (Å²) in [6.07, 6.45) is 2.57. The van der Waals surface area contributed by atoms with Gasteiger partial charge in [-0.2, -0.15) is 0 Å². The lowest BCUT2D eigenvalue weighted by Gasteiger charge is -2.16. The summed E-state index contributed by atoms with van der Waals surface area (Å²) >= 11 is 0. The molecule has 0 radical (unpaired) electrons. The van der Waals surface area contributed by atoms with Gasteiger partial charge in [0.15, 0.2) is 0 Å². The van der Waals surface area contributed by atoms with Gasteiger partial charge in [-0.25, -0.2) is 0 Å². The molecule has 0 fully saturated rings. The van der Waals surface area contributed by atoms with Crippen LogP contribution in [0.15, 0.2) is 23.1 Å². The highest BCUT2D eigenvalue weighted by Crippen LogP contribution is 2.00. The zero-order valence-electron chi connectivity index (χ0n) is 11.8. The van der Waals surface area contributed by atoms with Crippen LogP contribution in [-0.4, -0.2) is 40.0 Å². The third-order valence-corrected chi connectivity index (χ3v) is 3.01. The lowest BCUT2D eigenvalue weighted by atomic mass is 10.2. The fourth-order valence-electron chi connectivity index (χ4n) is 1.81. The average molecular weight is 280 g/mol. The predicted octanol–water partition coefficient (Wildman–Crippen LogP) is 0.870. The molecular formula is C14H20N2O4. The second-order valence-electron chi connectivity index (χ2n) is 4.80. The fraction of sp³-hybridized carbons (Fsp3) is 0.500. The van der Waals surface area contributed by atoms with E-state index >= 15 is 0 Å². The predicted molar refractivity (Wildman–Crippen MR) is 74.6 cm³/mol. The summed E-state index contributed by atoms with van der Waals surface area (Å²) in [4.78, 5) is 35.1. The number of pyridine rings is 1. The van der Waals surface area contributed by atoms with Crippen molar-refractivity contribution >= 4 is 11.9 Å². The van der Waals surface area contributed by atoms with E-state index in [2.05, 4.69) is 0 Å². The van der Waals surface area contributed by atoms with Gasteiger partial charge < -0.3 is 14.6 Å². The van der Waals surface area contributed by atoms with Crippen LogP contribution in [0.1, 0.15) is 24.8 Å². The topological polar surface area (TPSA) is 79.6 Å². The second-order valence-corrected chi connectivity index (χ2v) is 4.80. The quantitative estimate of drug-likeness (QED) is 0.803. The van der Waals surface area contributed by atoms with Gasteiger partial charge >= 0.3 is 5.97 Å². The van der Waals surface area contributed by atoms with E-state index in [9.17, 15) is 14.4 Å². The van der Waals surface area contributed by atoms with Crippen molar-refractivity contribution in [2.75, 3.05) is 13.6 Å². The van der Waals surface area contributed by atoms with Crippen LogP contribution in [0.5, 0.6) is 0 Å². The van der Waals surface area contributed by atoms with Crippen LogP contribution in [-0.2, 0) is 16.1 Å². The first-order valence-corrected chi connectivity index (χ1v) is 6.53. The number of hydrogen-bond donors (Lipinski definition) is 1. The Labute approximate surface area is 117 Å². The van der Waals surface area contributed by atoms with Crippen molar-refractivity contribution in [2.24, 2.45) is 0 Å². The fourth-order valence-corrected chi connectivity index (χ4v) is 1.81. The van der Waals surface area contributed by atoms with Crippen molar-refractivity contribution in [1.29, 1.82) is 0 Å². The molecule has 1 aromatic rings. The number of nitrogens with zero attached hydrogens (tertiary/aromatic N) is 2. The summed E-state index contributed by atoms with van der Waals surface area (Å²) in [5.41, 5.74) is 0.914. The van der Waals surface area contributed by atoms with Gasteiger partial charge in [0.1, 0.15) is 0 Å². The summed E-state index contributed by atoms with van der Waals surface area (Å²) in [5.74, 6) is -1.03. The van der Waals surface area contributed by atoms with Gasteiger partial charge in [-0.1, -0.05) is 6.07 Å². The number of carbonyl (C=O) groups is 2. The minimum absolute atomic E-state index is 0.0560. The van der Waals surface area contributed by atoms with Crippen molar-refractivity contribution in [3.05, 3.63) is 34.2 Å². The molecule has 0 saturated carbocycles. The molecule has 0 aliphatic carbocycles. The van der Waals surface area contributed by atoms with E-state index in [4.69, 9.17) is 5.11 Å². The molecule has 1 N–H and O–H groups in total. The monoisotopic (exact) mass is 280 g/mol. The number of aliphatic carboxylic acids is 1. The molecule has 1 amide bonds. The molecule has 1 aromatic heterocycles. The molecule has 1 rings (SSSR count). The number of carbonyl (C=O) groups excluding carboxylic acids is 1. The maximum absolute atomic E-state index is 11.7. The van der Waals surface area contributed by atoms with E-state index in [1.807, 2.05) is 6.92 Å². The molecule has 0 bridgehead atoms. The maximum Gasteiger partial charge on any atom is 0.305 e. The van der Waals surface area contributed by atoms with Gasteiger partial charge in [-0.05, 0) is 18.9 Å². The van der Waals surface area contributed by atoms with Gasteiger partial charge in [-0.15, -0.1) is 0 Å². The van der Waals surface area contributed by atoms with Crippen LogP contribution in [0, 0.1) is 6.92 Å². The lowest BCUT2D eigenvalue weighted by Crippen LogP contribution is -2.29. The minimum Gasteiger partial charge on any atom is -0.481 e. The highest BCUT2D eigenvalue weighted by Gasteiger charge is 2.10. The summed E-state index contributed by atoms with van der Waals surface area (Å²) < 4.78 is 1.58. The Kier molecular flexibility index (Phi) is 5.96. The highest BCUT2D eigenvalue weighted by atomic mass is 16.4. The Morgan fingerprint density at radius 2 is 2.00 bits per heavy atom. The van der Waals surface area contributed by atoms with Gasteiger partial charge in [-0.3, -0.25) is 14.4 Å². The molecule has 0 saturated heterocycles. The van der Waals surface area contributed by atoms with Crippen molar-refractivity contribution in [3.63, 3.8) is 0 Å². The summed E-state index contributed by atoms with van der Waals surface area (Å²) in [5, 5.41) is 8.55. The maximum atomic E-state index is 11.7. The molecule has 0 spiro atoms. The third kappa shape index (κ3) is 5.26. The first kappa shape index (κ1) is 15.9. The molecule has 0 aromatic carbocycles. The van der Waals surface area contributed by atoms with Gasteiger partial charge in [0.2, 0.25) is 5.91 Å². The number of carboxylic acids is 1. The van der Waals surface area contributed by atoms with E-state index in [0.29, 0.717) is 19.4 Å². The van der Waals surface area contributed by atoms with E-state index in [-0.39, 0.29) is 24.4 Å². The molecule has 0 unspecified atom stereocenters. The van der Waals surface area contributed by atoms with Crippen molar-refractivity contribution in [2.45, 2.75) is 32.7 Å². The molecular weight excluding hydrogens is 260 g/mol. The molecule has 0 aliphatic rings. The highest BCUT2D eigenvalue weighted by molar-refractivity contribution is 5.76. The Balaban J connectivity index is 2.40. The average Bonchev–Trinajstić information content (AvgIpc) is 2.39. The van der Waals surface area contributed by atoms with Crippen LogP contribution in [0.4, 0.5) is 0 Å². The summed E-state index contributed by atoms with van der Waals surface area (Å²) in [6.45, 7) is 2.60. The molecule has 1 heterocycles. The Morgan fingerprint density at radius 3 is 2.65 bits per heavy atom. The van der Waals surface area contributed by atoms with Crippen molar-refractivity contribution in [1.82, 2.24) is 9.47 Å². The Hall–Kier alpha value is -2.11. The normalized spacial score (nSPS) is 10.3. The van der Waals surface area contributed by atoms with Gasteiger partial charge in [0, 0.05) is 38.8 Å². The molecule has 110 valence electrons. The van der Waals surface area contributed by atoms with E-state index in [1.165, 1.54) is 11.0 Å².